The zero-order valence-electron chi connectivity index (χ0n) is 11.4. The monoisotopic (exact) mass is 284 g/mol. The molecular weight excluding hydrogens is 264 g/mol. The first-order valence-electron chi connectivity index (χ1n) is 5.99. The van der Waals surface area contributed by atoms with Gasteiger partial charge in [-0.1, -0.05) is 12.1 Å². The number of amides is 1. The smallest absolute Gasteiger partial charge is 0.238 e. The summed E-state index contributed by atoms with van der Waals surface area (Å²) in [5.41, 5.74) is 0.642. The average molecular weight is 284 g/mol. The van der Waals surface area contributed by atoms with E-state index in [1.807, 2.05) is 19.1 Å². The molecule has 6 heteroatoms. The summed E-state index contributed by atoms with van der Waals surface area (Å²) in [7, 11) is 0.690. The van der Waals surface area contributed by atoms with Gasteiger partial charge in [0.2, 0.25) is 5.91 Å². The van der Waals surface area contributed by atoms with Gasteiger partial charge >= 0.3 is 0 Å². The number of rotatable bonds is 7. The van der Waals surface area contributed by atoms with Crippen LogP contribution in [0, 0.1) is 0 Å². The van der Waals surface area contributed by atoms with Crippen LogP contribution in [-0.2, 0) is 15.6 Å². The maximum absolute atomic E-state index is 11.8. The van der Waals surface area contributed by atoms with E-state index in [0.29, 0.717) is 17.2 Å². The van der Waals surface area contributed by atoms with E-state index in [2.05, 4.69) is 10.6 Å². The molecule has 0 heterocycles. The first-order valence-corrected chi connectivity index (χ1v) is 7.72. The molecule has 19 heavy (non-hydrogen) atoms. The molecule has 0 radical (unpaired) electrons. The van der Waals surface area contributed by atoms with Crippen LogP contribution in [0.4, 0.5) is 5.69 Å². The summed E-state index contributed by atoms with van der Waals surface area (Å²) in [5.74, 6) is 0.999. The molecule has 0 aliphatic carbocycles. The van der Waals surface area contributed by atoms with Crippen molar-refractivity contribution in [2.45, 2.75) is 13.0 Å². The fourth-order valence-corrected chi connectivity index (χ4v) is 2.44. The molecule has 1 aromatic rings. The number of nitrogens with one attached hydrogen (secondary N) is 2. The van der Waals surface area contributed by atoms with Crippen LogP contribution in [-0.4, -0.2) is 41.8 Å². The number of anilines is 1. The van der Waals surface area contributed by atoms with Crippen LogP contribution < -0.4 is 15.4 Å². The Morgan fingerprint density at radius 2 is 2.11 bits per heavy atom. The Morgan fingerprint density at radius 3 is 2.74 bits per heavy atom. The molecule has 0 saturated carbocycles. The second-order valence-electron chi connectivity index (χ2n) is 4.27. The highest BCUT2D eigenvalue weighted by Crippen LogP contribution is 2.22. The molecule has 0 aliphatic heterocycles. The van der Waals surface area contributed by atoms with Gasteiger partial charge in [0.25, 0.3) is 0 Å². The molecule has 5 nitrogen and oxygen atoms in total. The maximum Gasteiger partial charge on any atom is 0.238 e. The highest BCUT2D eigenvalue weighted by atomic mass is 32.2. The van der Waals surface area contributed by atoms with Crippen LogP contribution >= 0.6 is 0 Å². The van der Waals surface area contributed by atoms with Crippen molar-refractivity contribution in [1.29, 1.82) is 0 Å². The molecular formula is C13H20N2O3S. The molecule has 1 aromatic carbocycles. The fraction of sp³-hybridized carbons (Fsp3) is 0.462. The van der Waals surface area contributed by atoms with Crippen molar-refractivity contribution in [1.82, 2.24) is 5.32 Å². The summed E-state index contributed by atoms with van der Waals surface area (Å²) in [4.78, 5) is 11.8. The lowest BCUT2D eigenvalue weighted by Gasteiger charge is -2.13. The maximum atomic E-state index is 11.8. The standard InChI is InChI=1S/C13H20N2O3S/c1-10(9-19(3)17)14-8-13(16)15-11-6-4-5-7-12(11)18-2/h4-7,10,14H,8-9H2,1-3H3,(H,15,16). The fourth-order valence-electron chi connectivity index (χ4n) is 1.62. The highest BCUT2D eigenvalue weighted by molar-refractivity contribution is 7.84. The lowest BCUT2D eigenvalue weighted by molar-refractivity contribution is -0.115. The predicted molar refractivity (Wildman–Crippen MR) is 78.0 cm³/mol. The Labute approximate surface area is 116 Å². The van der Waals surface area contributed by atoms with Gasteiger partial charge in [0.15, 0.2) is 0 Å². The number of ether oxygens (including phenoxy) is 1. The topological polar surface area (TPSA) is 67.4 Å². The van der Waals surface area contributed by atoms with Gasteiger partial charge in [-0.2, -0.15) is 0 Å². The van der Waals surface area contributed by atoms with E-state index in [4.69, 9.17) is 4.74 Å². The van der Waals surface area contributed by atoms with E-state index in [1.165, 1.54) is 0 Å². The molecule has 0 fully saturated rings. The van der Waals surface area contributed by atoms with Crippen LogP contribution in [0.5, 0.6) is 5.75 Å². The molecule has 0 saturated heterocycles. The van der Waals surface area contributed by atoms with E-state index >= 15 is 0 Å². The molecule has 0 spiro atoms. The van der Waals surface area contributed by atoms with Crippen LogP contribution in [0.25, 0.3) is 0 Å². The number of hydrogen-bond donors (Lipinski definition) is 2. The number of hydrogen-bond acceptors (Lipinski definition) is 4. The first-order chi connectivity index (χ1) is 9.02. The van der Waals surface area contributed by atoms with Crippen molar-refractivity contribution in [2.24, 2.45) is 0 Å². The summed E-state index contributed by atoms with van der Waals surface area (Å²) in [6.07, 6.45) is 1.65. The molecule has 0 aromatic heterocycles. The number of carbonyl (C=O) groups excluding carboxylic acids is 1. The van der Waals surface area contributed by atoms with Gasteiger partial charge in [-0.25, -0.2) is 0 Å². The Bertz CT molecular complexity index is 451. The van der Waals surface area contributed by atoms with Gasteiger partial charge in [-0.3, -0.25) is 9.00 Å². The van der Waals surface area contributed by atoms with Gasteiger partial charge in [-0.15, -0.1) is 0 Å². The lowest BCUT2D eigenvalue weighted by Crippen LogP contribution is -2.37. The summed E-state index contributed by atoms with van der Waals surface area (Å²) in [5, 5.41) is 5.79. The summed E-state index contributed by atoms with van der Waals surface area (Å²) in [6, 6.07) is 7.27. The van der Waals surface area contributed by atoms with Gasteiger partial charge < -0.3 is 15.4 Å². The quantitative estimate of drug-likeness (QED) is 0.783. The van der Waals surface area contributed by atoms with Gasteiger partial charge in [-0.05, 0) is 19.1 Å². The van der Waals surface area contributed by atoms with E-state index in [-0.39, 0.29) is 18.5 Å². The molecule has 2 atom stereocenters. The molecule has 0 bridgehead atoms. The van der Waals surface area contributed by atoms with Crippen molar-refractivity contribution in [3.8, 4) is 5.75 Å². The third kappa shape index (κ3) is 5.85. The van der Waals surface area contributed by atoms with Crippen molar-refractivity contribution < 1.29 is 13.7 Å². The summed E-state index contributed by atoms with van der Waals surface area (Å²) < 4.78 is 16.2. The minimum atomic E-state index is -0.868. The van der Waals surface area contributed by atoms with E-state index in [9.17, 15) is 9.00 Å². The third-order valence-electron chi connectivity index (χ3n) is 2.48. The van der Waals surface area contributed by atoms with Gasteiger partial charge in [0.05, 0.1) is 19.3 Å². The number of para-hydroxylation sites is 2. The minimum absolute atomic E-state index is 0.0363. The summed E-state index contributed by atoms with van der Waals surface area (Å²) >= 11 is 0. The SMILES string of the molecule is COc1ccccc1NC(=O)CNC(C)CS(C)=O. The van der Waals surface area contributed by atoms with Crippen LogP contribution in [0.15, 0.2) is 24.3 Å². The normalized spacial score (nSPS) is 13.6. The molecule has 1 rings (SSSR count). The Hall–Kier alpha value is -1.40. The van der Waals surface area contributed by atoms with Gasteiger partial charge in [0.1, 0.15) is 5.75 Å². The van der Waals surface area contributed by atoms with Crippen LogP contribution in [0.3, 0.4) is 0 Å². The molecule has 1 amide bonds. The van der Waals surface area contributed by atoms with Crippen molar-refractivity contribution in [2.75, 3.05) is 31.0 Å². The molecule has 2 unspecified atom stereocenters. The first kappa shape index (κ1) is 15.7. The van der Waals surface area contributed by atoms with Crippen LogP contribution in [0.2, 0.25) is 0 Å². The zero-order chi connectivity index (χ0) is 14.3. The van der Waals surface area contributed by atoms with Crippen molar-refractivity contribution in [3.63, 3.8) is 0 Å². The van der Waals surface area contributed by atoms with E-state index in [1.54, 1.807) is 25.5 Å². The number of methoxy groups -OCH3 is 1. The lowest BCUT2D eigenvalue weighted by atomic mass is 10.3. The van der Waals surface area contributed by atoms with Crippen molar-refractivity contribution in [3.05, 3.63) is 24.3 Å². The zero-order valence-corrected chi connectivity index (χ0v) is 12.3. The number of benzene rings is 1. The number of carbonyl (C=O) groups is 1. The average Bonchev–Trinajstić information content (AvgIpc) is 2.36. The highest BCUT2D eigenvalue weighted by Gasteiger charge is 2.09. The third-order valence-corrected chi connectivity index (χ3v) is 3.45. The summed E-state index contributed by atoms with van der Waals surface area (Å²) in [6.45, 7) is 2.08. The Morgan fingerprint density at radius 1 is 1.42 bits per heavy atom. The molecule has 0 aliphatic rings. The minimum Gasteiger partial charge on any atom is -0.495 e. The van der Waals surface area contributed by atoms with Gasteiger partial charge in [0, 0.05) is 28.9 Å². The largest absolute Gasteiger partial charge is 0.495 e. The van der Waals surface area contributed by atoms with Crippen LogP contribution in [0.1, 0.15) is 6.92 Å². The second-order valence-corrected chi connectivity index (χ2v) is 5.75. The predicted octanol–water partition coefficient (Wildman–Crippen LogP) is 0.990. The Balaban J connectivity index is 2.45. The van der Waals surface area contributed by atoms with Crippen molar-refractivity contribution >= 4 is 22.4 Å². The second kappa shape index (κ2) is 7.91. The van der Waals surface area contributed by atoms with E-state index in [0.717, 1.165) is 0 Å². The molecule has 2 N–H and O–H groups in total. The molecule has 106 valence electrons. The Kier molecular flexibility index (Phi) is 6.52. The van der Waals surface area contributed by atoms with E-state index < -0.39 is 10.8 Å².